The van der Waals surface area contributed by atoms with E-state index in [1.165, 1.54) is 4.88 Å². The summed E-state index contributed by atoms with van der Waals surface area (Å²) in [5.41, 5.74) is 7.00. The second-order valence-corrected chi connectivity index (χ2v) is 6.22. The van der Waals surface area contributed by atoms with Gasteiger partial charge in [0.1, 0.15) is 5.82 Å². The van der Waals surface area contributed by atoms with Crippen molar-refractivity contribution in [2.24, 2.45) is 0 Å². The third kappa shape index (κ3) is 2.77. The molecule has 2 aromatic rings. The monoisotopic (exact) mass is 359 g/mol. The molecule has 0 saturated heterocycles. The highest BCUT2D eigenvalue weighted by Gasteiger charge is 2.11. The molecule has 3 nitrogen and oxygen atoms in total. The molecule has 2 N–H and O–H groups in total. The Balaban J connectivity index is 2.48. The summed E-state index contributed by atoms with van der Waals surface area (Å²) in [5, 5.41) is 0. The molecule has 0 aliphatic heterocycles. The maximum atomic E-state index is 5.94. The predicted octanol–water partition coefficient (Wildman–Crippen LogP) is 3.65. The zero-order valence-electron chi connectivity index (χ0n) is 9.83. The van der Waals surface area contributed by atoms with Crippen molar-refractivity contribution in [2.75, 3.05) is 5.73 Å². The lowest BCUT2D eigenvalue weighted by Gasteiger charge is -2.07. The lowest BCUT2D eigenvalue weighted by molar-refractivity contribution is 0.870. The van der Waals surface area contributed by atoms with E-state index >= 15 is 0 Å². The number of thiophene rings is 1. The minimum Gasteiger partial charge on any atom is -0.383 e. The van der Waals surface area contributed by atoms with Crippen molar-refractivity contribution in [1.29, 1.82) is 0 Å². The Morgan fingerprint density at radius 2 is 2.12 bits per heavy atom. The molecule has 0 atom stereocenters. The van der Waals surface area contributed by atoms with E-state index in [0.717, 1.165) is 32.8 Å². The molecular formula is C12H14IN3S. The molecule has 0 aliphatic rings. The Kier molecular flexibility index (Phi) is 3.98. The van der Waals surface area contributed by atoms with Gasteiger partial charge in [0.2, 0.25) is 0 Å². The molecule has 2 heterocycles. The molecule has 2 aromatic heterocycles. The normalized spacial score (nSPS) is 10.8. The highest BCUT2D eigenvalue weighted by atomic mass is 127. The highest BCUT2D eigenvalue weighted by Crippen LogP contribution is 2.28. The Morgan fingerprint density at radius 3 is 2.71 bits per heavy atom. The lowest BCUT2D eigenvalue weighted by atomic mass is 10.2. The van der Waals surface area contributed by atoms with Gasteiger partial charge in [-0.15, -0.1) is 11.3 Å². The SMILES string of the molecule is CCCc1nc(-c2ccc(C)s2)nc(N)c1I. The van der Waals surface area contributed by atoms with Crippen molar-refractivity contribution in [2.45, 2.75) is 26.7 Å². The van der Waals surface area contributed by atoms with E-state index < -0.39 is 0 Å². The van der Waals surface area contributed by atoms with E-state index in [0.29, 0.717) is 5.82 Å². The Labute approximate surface area is 119 Å². The minimum atomic E-state index is 0.588. The van der Waals surface area contributed by atoms with Crippen molar-refractivity contribution in [3.63, 3.8) is 0 Å². The van der Waals surface area contributed by atoms with Gasteiger partial charge >= 0.3 is 0 Å². The summed E-state index contributed by atoms with van der Waals surface area (Å²) in [6.45, 7) is 4.22. The van der Waals surface area contributed by atoms with Gasteiger partial charge in [-0.2, -0.15) is 0 Å². The van der Waals surface area contributed by atoms with Crippen LogP contribution in [0, 0.1) is 10.5 Å². The number of nitrogen functional groups attached to an aromatic ring is 1. The van der Waals surface area contributed by atoms with Crippen LogP contribution in [0.25, 0.3) is 10.7 Å². The third-order valence-electron chi connectivity index (χ3n) is 2.39. The fraction of sp³-hybridized carbons (Fsp3) is 0.333. The van der Waals surface area contributed by atoms with E-state index in [1.54, 1.807) is 11.3 Å². The second kappa shape index (κ2) is 5.30. The summed E-state index contributed by atoms with van der Waals surface area (Å²) in [6.07, 6.45) is 2.01. The molecule has 0 amide bonds. The van der Waals surface area contributed by atoms with E-state index in [9.17, 15) is 0 Å². The molecule has 0 radical (unpaired) electrons. The van der Waals surface area contributed by atoms with Crippen LogP contribution in [0.2, 0.25) is 0 Å². The fourth-order valence-electron chi connectivity index (χ4n) is 1.58. The van der Waals surface area contributed by atoms with Gasteiger partial charge in [0.15, 0.2) is 5.82 Å². The summed E-state index contributed by atoms with van der Waals surface area (Å²) in [7, 11) is 0. The number of nitrogens with zero attached hydrogens (tertiary/aromatic N) is 2. The largest absolute Gasteiger partial charge is 0.383 e. The molecule has 17 heavy (non-hydrogen) atoms. The first kappa shape index (κ1) is 12.8. The minimum absolute atomic E-state index is 0.588. The van der Waals surface area contributed by atoms with E-state index in [-0.39, 0.29) is 0 Å². The molecule has 0 bridgehead atoms. The van der Waals surface area contributed by atoms with Gasteiger partial charge in [-0.3, -0.25) is 0 Å². The Hall–Kier alpha value is -0.690. The lowest BCUT2D eigenvalue weighted by Crippen LogP contribution is -2.04. The van der Waals surface area contributed by atoms with Crippen LogP contribution in [-0.4, -0.2) is 9.97 Å². The Bertz CT molecular complexity index is 537. The van der Waals surface area contributed by atoms with E-state index in [1.807, 2.05) is 0 Å². The van der Waals surface area contributed by atoms with Crippen LogP contribution in [0.15, 0.2) is 12.1 Å². The average Bonchev–Trinajstić information content (AvgIpc) is 2.71. The fourth-order valence-corrected chi connectivity index (χ4v) is 2.89. The molecule has 0 aliphatic carbocycles. The van der Waals surface area contributed by atoms with Crippen LogP contribution in [-0.2, 0) is 6.42 Å². The maximum Gasteiger partial charge on any atom is 0.171 e. The first-order chi connectivity index (χ1) is 8.11. The van der Waals surface area contributed by atoms with Gasteiger partial charge in [-0.25, -0.2) is 9.97 Å². The first-order valence-electron chi connectivity index (χ1n) is 5.50. The standard InChI is InChI=1S/C12H14IN3S/c1-3-4-8-10(13)11(14)16-12(15-8)9-6-5-7(2)17-9/h5-6H,3-4H2,1-2H3,(H2,14,15,16). The third-order valence-corrected chi connectivity index (χ3v) is 4.56. The van der Waals surface area contributed by atoms with E-state index in [4.69, 9.17) is 5.73 Å². The predicted molar refractivity (Wildman–Crippen MR) is 81.2 cm³/mol. The van der Waals surface area contributed by atoms with Gasteiger partial charge in [0, 0.05) is 4.88 Å². The van der Waals surface area contributed by atoms with Crippen molar-refractivity contribution >= 4 is 39.7 Å². The molecule has 5 heteroatoms. The second-order valence-electron chi connectivity index (χ2n) is 3.85. The summed E-state index contributed by atoms with van der Waals surface area (Å²) in [4.78, 5) is 11.3. The molecule has 0 aromatic carbocycles. The summed E-state index contributed by atoms with van der Waals surface area (Å²) in [5.74, 6) is 1.34. The first-order valence-corrected chi connectivity index (χ1v) is 7.40. The number of nitrogens with two attached hydrogens (primary N) is 1. The van der Waals surface area contributed by atoms with Gasteiger partial charge < -0.3 is 5.73 Å². The molecular weight excluding hydrogens is 345 g/mol. The van der Waals surface area contributed by atoms with Gasteiger partial charge in [-0.05, 0) is 48.1 Å². The number of hydrogen-bond acceptors (Lipinski definition) is 4. The number of halogens is 1. The topological polar surface area (TPSA) is 51.8 Å². The number of hydrogen-bond donors (Lipinski definition) is 1. The number of rotatable bonds is 3. The smallest absolute Gasteiger partial charge is 0.171 e. The molecule has 90 valence electrons. The van der Waals surface area contributed by atoms with Crippen molar-refractivity contribution in [3.05, 3.63) is 26.3 Å². The quantitative estimate of drug-likeness (QED) is 0.851. The van der Waals surface area contributed by atoms with Crippen LogP contribution < -0.4 is 5.73 Å². The average molecular weight is 359 g/mol. The van der Waals surface area contributed by atoms with Crippen LogP contribution >= 0.6 is 33.9 Å². The highest BCUT2D eigenvalue weighted by molar-refractivity contribution is 14.1. The summed E-state index contributed by atoms with van der Waals surface area (Å²) in [6, 6.07) is 4.13. The zero-order valence-corrected chi connectivity index (χ0v) is 12.8. The van der Waals surface area contributed by atoms with E-state index in [2.05, 4.69) is 58.5 Å². The summed E-state index contributed by atoms with van der Waals surface area (Å²) >= 11 is 3.92. The van der Waals surface area contributed by atoms with Gasteiger partial charge in [0.05, 0.1) is 14.1 Å². The maximum absolute atomic E-state index is 5.94. The number of aryl methyl sites for hydroxylation is 2. The van der Waals surface area contributed by atoms with Gasteiger partial charge in [-0.1, -0.05) is 13.3 Å². The van der Waals surface area contributed by atoms with Crippen LogP contribution in [0.5, 0.6) is 0 Å². The van der Waals surface area contributed by atoms with Crippen molar-refractivity contribution in [1.82, 2.24) is 9.97 Å². The Morgan fingerprint density at radius 1 is 1.35 bits per heavy atom. The van der Waals surface area contributed by atoms with Crippen molar-refractivity contribution < 1.29 is 0 Å². The molecule has 0 spiro atoms. The van der Waals surface area contributed by atoms with Crippen molar-refractivity contribution in [3.8, 4) is 10.7 Å². The number of aromatic nitrogens is 2. The molecule has 0 saturated carbocycles. The molecule has 2 rings (SSSR count). The molecule has 0 unspecified atom stereocenters. The van der Waals surface area contributed by atoms with Crippen LogP contribution in [0.3, 0.4) is 0 Å². The van der Waals surface area contributed by atoms with Crippen LogP contribution in [0.4, 0.5) is 5.82 Å². The number of anilines is 1. The molecule has 0 fully saturated rings. The van der Waals surface area contributed by atoms with Crippen LogP contribution in [0.1, 0.15) is 23.9 Å². The van der Waals surface area contributed by atoms with Gasteiger partial charge in [0.25, 0.3) is 0 Å². The summed E-state index contributed by atoms with van der Waals surface area (Å²) < 4.78 is 0.987. The zero-order chi connectivity index (χ0) is 12.4.